The number of hydrogen-bond donors (Lipinski definition) is 1. The lowest BCUT2D eigenvalue weighted by Gasteiger charge is -2.26. The number of carbonyl (C=O) groups excluding carboxylic acids is 2. The standard InChI is InChI=1S/C21H24N2O2S/c1-14-10-11-19(26-14)20(24)22-18-9-5-8-16-17(18)13-23(21(16)25)12-15-6-3-2-4-7-15/h5,8-11,15H,2-4,6-7,12-13H2,1H3,(H,22,24). The summed E-state index contributed by atoms with van der Waals surface area (Å²) in [6.45, 7) is 3.43. The zero-order valence-electron chi connectivity index (χ0n) is 15.1. The van der Waals surface area contributed by atoms with E-state index in [2.05, 4.69) is 5.32 Å². The highest BCUT2D eigenvalue weighted by atomic mass is 32.1. The maximum atomic E-state index is 12.8. The number of rotatable bonds is 4. The summed E-state index contributed by atoms with van der Waals surface area (Å²) in [6.07, 6.45) is 6.33. The molecule has 4 nitrogen and oxygen atoms in total. The van der Waals surface area contributed by atoms with Crippen LogP contribution in [0.1, 0.15) is 62.6 Å². The van der Waals surface area contributed by atoms with Gasteiger partial charge in [-0.15, -0.1) is 11.3 Å². The number of carbonyl (C=O) groups is 2. The van der Waals surface area contributed by atoms with E-state index in [0.29, 0.717) is 17.3 Å². The quantitative estimate of drug-likeness (QED) is 0.839. The fraction of sp³-hybridized carbons (Fsp3) is 0.429. The highest BCUT2D eigenvalue weighted by Gasteiger charge is 2.31. The molecule has 136 valence electrons. The monoisotopic (exact) mass is 368 g/mol. The van der Waals surface area contributed by atoms with Crippen LogP contribution in [-0.4, -0.2) is 23.3 Å². The fourth-order valence-electron chi connectivity index (χ4n) is 4.08. The Kier molecular flexibility index (Phi) is 4.81. The molecule has 2 aliphatic rings. The molecular weight excluding hydrogens is 344 g/mol. The zero-order valence-corrected chi connectivity index (χ0v) is 15.9. The number of amides is 2. The summed E-state index contributed by atoms with van der Waals surface area (Å²) in [6, 6.07) is 9.43. The molecule has 1 aliphatic heterocycles. The molecule has 2 aromatic rings. The van der Waals surface area contributed by atoms with E-state index in [4.69, 9.17) is 0 Å². The Morgan fingerprint density at radius 3 is 2.73 bits per heavy atom. The second kappa shape index (κ2) is 7.23. The van der Waals surface area contributed by atoms with Crippen molar-refractivity contribution in [1.29, 1.82) is 0 Å². The largest absolute Gasteiger partial charge is 0.334 e. The average molecular weight is 369 g/mol. The van der Waals surface area contributed by atoms with Crippen LogP contribution in [0.3, 0.4) is 0 Å². The number of nitrogens with one attached hydrogen (secondary N) is 1. The Bertz CT molecular complexity index is 836. The van der Waals surface area contributed by atoms with E-state index in [1.807, 2.05) is 42.2 Å². The van der Waals surface area contributed by atoms with Crippen LogP contribution in [0.2, 0.25) is 0 Å². The number of thiophene rings is 1. The molecule has 4 rings (SSSR count). The van der Waals surface area contributed by atoms with Gasteiger partial charge in [-0.1, -0.05) is 25.3 Å². The van der Waals surface area contributed by atoms with Crippen molar-refractivity contribution >= 4 is 28.8 Å². The number of hydrogen-bond acceptors (Lipinski definition) is 3. The van der Waals surface area contributed by atoms with Crippen LogP contribution in [0.4, 0.5) is 5.69 Å². The van der Waals surface area contributed by atoms with Gasteiger partial charge in [0.1, 0.15) is 0 Å². The van der Waals surface area contributed by atoms with Crippen LogP contribution >= 0.6 is 11.3 Å². The minimum absolute atomic E-state index is 0.102. The molecular formula is C21H24N2O2S. The van der Waals surface area contributed by atoms with Gasteiger partial charge in [-0.3, -0.25) is 9.59 Å². The minimum atomic E-state index is -0.102. The van der Waals surface area contributed by atoms with Crippen molar-refractivity contribution < 1.29 is 9.59 Å². The molecule has 1 aromatic heterocycles. The van der Waals surface area contributed by atoms with E-state index in [1.165, 1.54) is 43.4 Å². The van der Waals surface area contributed by atoms with Crippen LogP contribution < -0.4 is 5.32 Å². The maximum absolute atomic E-state index is 12.8. The number of fused-ring (bicyclic) bond motifs is 1. The summed E-state index contributed by atoms with van der Waals surface area (Å²) in [5.41, 5.74) is 2.45. The second-order valence-corrected chi connectivity index (χ2v) is 8.67. The Labute approximate surface area is 158 Å². The molecule has 1 aromatic carbocycles. The molecule has 0 unspecified atom stereocenters. The average Bonchev–Trinajstić information content (AvgIpc) is 3.21. The third-order valence-electron chi connectivity index (χ3n) is 5.46. The summed E-state index contributed by atoms with van der Waals surface area (Å²) in [5, 5.41) is 3.01. The first-order valence-corrected chi connectivity index (χ1v) is 10.2. The normalized spacial score (nSPS) is 17.4. The van der Waals surface area contributed by atoms with Crippen LogP contribution in [0.15, 0.2) is 30.3 Å². The molecule has 5 heteroatoms. The lowest BCUT2D eigenvalue weighted by atomic mass is 9.89. The number of anilines is 1. The highest BCUT2D eigenvalue weighted by molar-refractivity contribution is 7.14. The summed E-state index contributed by atoms with van der Waals surface area (Å²) < 4.78 is 0. The topological polar surface area (TPSA) is 49.4 Å². The summed E-state index contributed by atoms with van der Waals surface area (Å²) in [5.74, 6) is 0.623. The van der Waals surface area contributed by atoms with Crippen molar-refractivity contribution in [3.8, 4) is 0 Å². The summed E-state index contributed by atoms with van der Waals surface area (Å²) in [4.78, 5) is 29.1. The molecule has 2 amide bonds. The Balaban J connectivity index is 1.50. The summed E-state index contributed by atoms with van der Waals surface area (Å²) >= 11 is 1.48. The summed E-state index contributed by atoms with van der Waals surface area (Å²) in [7, 11) is 0. The second-order valence-electron chi connectivity index (χ2n) is 7.39. The third-order valence-corrected chi connectivity index (χ3v) is 6.46. The van der Waals surface area contributed by atoms with Gasteiger partial charge in [0.25, 0.3) is 11.8 Å². The van der Waals surface area contributed by atoms with Crippen molar-refractivity contribution in [2.24, 2.45) is 5.92 Å². The van der Waals surface area contributed by atoms with Gasteiger partial charge in [0.2, 0.25) is 0 Å². The predicted octanol–water partition coefficient (Wildman–Crippen LogP) is 4.84. The van der Waals surface area contributed by atoms with Gasteiger partial charge in [0.05, 0.1) is 4.88 Å². The Morgan fingerprint density at radius 1 is 1.19 bits per heavy atom. The van der Waals surface area contributed by atoms with Crippen LogP contribution in [0, 0.1) is 12.8 Å². The van der Waals surface area contributed by atoms with Crippen LogP contribution in [-0.2, 0) is 6.54 Å². The molecule has 1 aliphatic carbocycles. The molecule has 1 fully saturated rings. The first-order chi connectivity index (χ1) is 12.6. The first kappa shape index (κ1) is 17.3. The van der Waals surface area contributed by atoms with E-state index < -0.39 is 0 Å². The van der Waals surface area contributed by atoms with E-state index >= 15 is 0 Å². The molecule has 2 heterocycles. The first-order valence-electron chi connectivity index (χ1n) is 9.41. The van der Waals surface area contributed by atoms with Crippen molar-refractivity contribution in [3.63, 3.8) is 0 Å². The lowest BCUT2D eigenvalue weighted by Crippen LogP contribution is -2.30. The molecule has 0 atom stereocenters. The third kappa shape index (κ3) is 3.40. The smallest absolute Gasteiger partial charge is 0.265 e. The fourth-order valence-corrected chi connectivity index (χ4v) is 4.84. The van der Waals surface area contributed by atoms with E-state index in [1.54, 1.807) is 0 Å². The van der Waals surface area contributed by atoms with E-state index in [9.17, 15) is 9.59 Å². The van der Waals surface area contributed by atoms with Crippen molar-refractivity contribution in [1.82, 2.24) is 4.90 Å². The number of nitrogens with zero attached hydrogens (tertiary/aromatic N) is 1. The van der Waals surface area contributed by atoms with Crippen molar-refractivity contribution in [2.45, 2.75) is 45.6 Å². The van der Waals surface area contributed by atoms with Crippen LogP contribution in [0.5, 0.6) is 0 Å². The van der Waals surface area contributed by atoms with Gasteiger partial charge in [-0.25, -0.2) is 0 Å². The van der Waals surface area contributed by atoms with E-state index in [0.717, 1.165) is 28.2 Å². The van der Waals surface area contributed by atoms with Gasteiger partial charge < -0.3 is 10.2 Å². The molecule has 0 radical (unpaired) electrons. The maximum Gasteiger partial charge on any atom is 0.265 e. The lowest BCUT2D eigenvalue weighted by molar-refractivity contribution is 0.0738. The molecule has 1 saturated carbocycles. The van der Waals surface area contributed by atoms with Gasteiger partial charge in [-0.2, -0.15) is 0 Å². The molecule has 0 bridgehead atoms. The van der Waals surface area contributed by atoms with Gasteiger partial charge in [-0.05, 0) is 49.9 Å². The van der Waals surface area contributed by atoms with Gasteiger partial charge >= 0.3 is 0 Å². The van der Waals surface area contributed by atoms with Gasteiger partial charge in [0.15, 0.2) is 0 Å². The highest BCUT2D eigenvalue weighted by Crippen LogP contribution is 2.32. The van der Waals surface area contributed by atoms with Crippen molar-refractivity contribution in [3.05, 3.63) is 51.2 Å². The molecule has 26 heavy (non-hydrogen) atoms. The van der Waals surface area contributed by atoms with Crippen molar-refractivity contribution in [2.75, 3.05) is 11.9 Å². The minimum Gasteiger partial charge on any atom is -0.334 e. The Hall–Kier alpha value is -2.14. The zero-order chi connectivity index (χ0) is 18.1. The molecule has 0 spiro atoms. The molecule has 0 saturated heterocycles. The predicted molar refractivity (Wildman–Crippen MR) is 105 cm³/mol. The number of aryl methyl sites for hydroxylation is 1. The number of benzene rings is 1. The SMILES string of the molecule is Cc1ccc(C(=O)Nc2cccc3c2CN(CC2CCCCC2)C3=O)s1. The van der Waals surface area contributed by atoms with E-state index in [-0.39, 0.29) is 11.8 Å². The molecule has 1 N–H and O–H groups in total. The van der Waals surface area contributed by atoms with Gasteiger partial charge in [0, 0.05) is 34.8 Å². The Morgan fingerprint density at radius 2 is 2.00 bits per heavy atom. The van der Waals surface area contributed by atoms with Crippen LogP contribution in [0.25, 0.3) is 0 Å².